The number of nitrogens with zero attached hydrogens (tertiary/aromatic N) is 1. The van der Waals surface area contributed by atoms with Gasteiger partial charge in [0.25, 0.3) is 0 Å². The molecule has 1 N–H and O–H groups in total. The van der Waals surface area contributed by atoms with Crippen molar-refractivity contribution in [3.8, 4) is 0 Å². The number of hydrogen-bond acceptors (Lipinski definition) is 3. The van der Waals surface area contributed by atoms with Gasteiger partial charge in [-0.15, -0.1) is 0 Å². The number of carbonyl (C=O) groups is 1. The van der Waals surface area contributed by atoms with Crippen molar-refractivity contribution in [1.82, 2.24) is 4.90 Å². The SMILES string of the molecule is O=C(CC(F)(F)F)N1CC2CC3CSC(C2)[C@H](O)C31. The molecule has 1 aliphatic carbocycles. The van der Waals surface area contributed by atoms with Crippen molar-refractivity contribution in [2.75, 3.05) is 12.3 Å². The number of aliphatic hydroxyl groups is 1. The Kier molecular flexibility index (Phi) is 3.24. The quantitative estimate of drug-likeness (QED) is 0.800. The van der Waals surface area contributed by atoms with Gasteiger partial charge in [0.05, 0.1) is 12.1 Å². The van der Waals surface area contributed by atoms with E-state index < -0.39 is 30.7 Å². The van der Waals surface area contributed by atoms with E-state index in [9.17, 15) is 23.1 Å². The molecule has 0 aromatic carbocycles. The van der Waals surface area contributed by atoms with Crippen LogP contribution in [0.5, 0.6) is 0 Å². The van der Waals surface area contributed by atoms with E-state index in [-0.39, 0.29) is 17.1 Å². The average Bonchev–Trinajstić information content (AvgIpc) is 2.58. The number of piperidine rings is 1. The second-order valence-electron chi connectivity index (χ2n) is 5.79. The largest absolute Gasteiger partial charge is 0.397 e. The zero-order valence-electron chi connectivity index (χ0n) is 10.3. The van der Waals surface area contributed by atoms with Crippen LogP contribution < -0.4 is 0 Å². The van der Waals surface area contributed by atoms with Gasteiger partial charge in [-0.1, -0.05) is 0 Å². The Morgan fingerprint density at radius 1 is 1.37 bits per heavy atom. The first-order valence-electron chi connectivity index (χ1n) is 6.51. The molecule has 0 radical (unpaired) electrons. The number of hydrogen-bond donors (Lipinski definition) is 1. The topological polar surface area (TPSA) is 40.5 Å². The van der Waals surface area contributed by atoms with Gasteiger partial charge in [0.1, 0.15) is 6.42 Å². The van der Waals surface area contributed by atoms with E-state index in [1.807, 2.05) is 0 Å². The zero-order chi connectivity index (χ0) is 13.8. The number of thioether (sulfide) groups is 1. The first-order valence-corrected chi connectivity index (χ1v) is 7.56. The Morgan fingerprint density at radius 2 is 2.11 bits per heavy atom. The molecule has 19 heavy (non-hydrogen) atoms. The summed E-state index contributed by atoms with van der Waals surface area (Å²) in [5, 5.41) is 10.4. The molecule has 0 aromatic rings. The first-order chi connectivity index (χ1) is 8.85. The third-order valence-corrected chi connectivity index (χ3v) is 5.95. The summed E-state index contributed by atoms with van der Waals surface area (Å²) in [6.07, 6.45) is -4.81. The predicted molar refractivity (Wildman–Crippen MR) is 64.6 cm³/mol. The van der Waals surface area contributed by atoms with E-state index in [0.717, 1.165) is 18.6 Å². The lowest BCUT2D eigenvalue weighted by atomic mass is 9.85. The number of amides is 1. The second-order valence-corrected chi connectivity index (χ2v) is 7.06. The van der Waals surface area contributed by atoms with Crippen LogP contribution in [0.4, 0.5) is 13.2 Å². The van der Waals surface area contributed by atoms with E-state index in [1.54, 1.807) is 11.8 Å². The molecule has 5 rings (SSSR count). The molecule has 4 saturated heterocycles. The molecule has 7 heteroatoms. The lowest BCUT2D eigenvalue weighted by Gasteiger charge is -2.46. The van der Waals surface area contributed by atoms with Gasteiger partial charge in [-0.2, -0.15) is 24.9 Å². The molecule has 1 amide bonds. The standard InChI is InChI=1S/C12H16F3NO2S/c13-12(14,15)3-9(17)16-4-6-1-7-5-19-8(2-6)11(18)10(7)16/h6-8,10-11,18H,1-5H2/t6?,7?,8?,10?,11-/m0/s1. The second kappa shape index (κ2) is 4.55. The van der Waals surface area contributed by atoms with E-state index in [2.05, 4.69) is 0 Å². The molecule has 5 aliphatic rings. The van der Waals surface area contributed by atoms with Crippen molar-refractivity contribution in [3.05, 3.63) is 0 Å². The van der Waals surface area contributed by atoms with Crippen LogP contribution in [0, 0.1) is 11.8 Å². The van der Waals surface area contributed by atoms with Gasteiger partial charge in [0.2, 0.25) is 5.91 Å². The highest BCUT2D eigenvalue weighted by atomic mass is 32.2. The van der Waals surface area contributed by atoms with Crippen LogP contribution in [0.1, 0.15) is 19.3 Å². The van der Waals surface area contributed by atoms with E-state index in [0.29, 0.717) is 6.54 Å². The number of rotatable bonds is 1. The van der Waals surface area contributed by atoms with Gasteiger partial charge >= 0.3 is 6.18 Å². The van der Waals surface area contributed by atoms with Crippen LogP contribution in [0.2, 0.25) is 0 Å². The molecule has 5 fully saturated rings. The Morgan fingerprint density at radius 3 is 2.79 bits per heavy atom. The van der Waals surface area contributed by atoms with Gasteiger partial charge in [0, 0.05) is 11.8 Å². The van der Waals surface area contributed by atoms with Gasteiger partial charge in [-0.05, 0) is 30.4 Å². The molecule has 4 bridgehead atoms. The fourth-order valence-corrected chi connectivity index (χ4v) is 5.33. The summed E-state index contributed by atoms with van der Waals surface area (Å²) >= 11 is 1.71. The van der Waals surface area contributed by atoms with Crippen molar-refractivity contribution in [3.63, 3.8) is 0 Å². The van der Waals surface area contributed by atoms with E-state index >= 15 is 0 Å². The maximum Gasteiger partial charge on any atom is 0.397 e. The molecule has 1 saturated carbocycles. The molecule has 4 heterocycles. The van der Waals surface area contributed by atoms with Gasteiger partial charge in [0.15, 0.2) is 0 Å². The van der Waals surface area contributed by atoms with Crippen LogP contribution in [0.25, 0.3) is 0 Å². The average molecular weight is 295 g/mol. The van der Waals surface area contributed by atoms with E-state index in [1.165, 1.54) is 4.90 Å². The third-order valence-electron chi connectivity index (χ3n) is 4.43. The minimum absolute atomic E-state index is 0.0810. The maximum atomic E-state index is 12.4. The molecule has 0 aromatic heterocycles. The Labute approximate surface area is 113 Å². The van der Waals surface area contributed by atoms with Crippen LogP contribution in [-0.4, -0.2) is 51.8 Å². The smallest absolute Gasteiger partial charge is 0.390 e. The van der Waals surface area contributed by atoms with Crippen LogP contribution in [0.15, 0.2) is 0 Å². The summed E-state index contributed by atoms with van der Waals surface area (Å²) < 4.78 is 37.1. The summed E-state index contributed by atoms with van der Waals surface area (Å²) in [4.78, 5) is 13.2. The Hall–Kier alpha value is -0.430. The maximum absolute atomic E-state index is 12.4. The number of alkyl halides is 3. The normalized spacial score (nSPS) is 41.5. The lowest BCUT2D eigenvalue weighted by Crippen LogP contribution is -2.58. The Bertz CT molecular complexity index is 388. The molecule has 4 aliphatic heterocycles. The summed E-state index contributed by atoms with van der Waals surface area (Å²) in [6.45, 7) is 0.379. The van der Waals surface area contributed by atoms with Crippen molar-refractivity contribution in [2.45, 2.75) is 42.8 Å². The van der Waals surface area contributed by atoms with Crippen LogP contribution in [0.3, 0.4) is 0 Å². The number of aliphatic hydroxyl groups excluding tert-OH is 1. The lowest BCUT2D eigenvalue weighted by molar-refractivity contribution is -0.167. The molecular weight excluding hydrogens is 279 g/mol. The molecule has 108 valence electrons. The minimum Gasteiger partial charge on any atom is -0.390 e. The fraction of sp³-hybridized carbons (Fsp3) is 0.917. The van der Waals surface area contributed by atoms with Gasteiger partial charge < -0.3 is 10.0 Å². The molecule has 4 unspecified atom stereocenters. The van der Waals surface area contributed by atoms with Crippen molar-refractivity contribution < 1.29 is 23.1 Å². The minimum atomic E-state index is -4.47. The third kappa shape index (κ3) is 2.46. The monoisotopic (exact) mass is 295 g/mol. The van der Waals surface area contributed by atoms with Crippen LogP contribution in [-0.2, 0) is 4.79 Å². The summed E-state index contributed by atoms with van der Waals surface area (Å²) in [7, 11) is 0. The first kappa shape index (κ1) is 13.5. The summed E-state index contributed by atoms with van der Waals surface area (Å²) in [5.74, 6) is 0.364. The van der Waals surface area contributed by atoms with Crippen molar-refractivity contribution in [2.24, 2.45) is 11.8 Å². The molecule has 3 nitrogen and oxygen atoms in total. The molecular formula is C12H16F3NO2S. The van der Waals surface area contributed by atoms with Crippen molar-refractivity contribution in [1.29, 1.82) is 0 Å². The zero-order valence-corrected chi connectivity index (χ0v) is 11.1. The van der Waals surface area contributed by atoms with Gasteiger partial charge in [-0.25, -0.2) is 0 Å². The highest BCUT2D eigenvalue weighted by molar-refractivity contribution is 8.00. The van der Waals surface area contributed by atoms with E-state index in [4.69, 9.17) is 0 Å². The molecule has 5 atom stereocenters. The summed E-state index contributed by atoms with van der Waals surface area (Å²) in [6, 6.07) is -0.403. The van der Waals surface area contributed by atoms with Crippen molar-refractivity contribution >= 4 is 17.7 Å². The fourth-order valence-electron chi connectivity index (χ4n) is 3.74. The highest BCUT2D eigenvalue weighted by Gasteiger charge is 2.52. The highest BCUT2D eigenvalue weighted by Crippen LogP contribution is 2.47. The van der Waals surface area contributed by atoms with Gasteiger partial charge in [-0.3, -0.25) is 4.79 Å². The summed E-state index contributed by atoms with van der Waals surface area (Å²) in [5.41, 5.74) is 0. The van der Waals surface area contributed by atoms with Crippen LogP contribution >= 0.6 is 11.8 Å². The number of halogens is 3. The Balaban J connectivity index is 1.82. The number of carbonyl (C=O) groups excluding carboxylic acids is 1. The number of fused-ring (bicyclic) bond motifs is 2. The molecule has 0 spiro atoms. The predicted octanol–water partition coefficient (Wildman–Crippen LogP) is 1.65.